The van der Waals surface area contributed by atoms with Gasteiger partial charge in [-0.1, -0.05) is 23.4 Å². The molecule has 1 N–H and O–H groups in total. The number of carbonyl (C=O) groups excluding carboxylic acids is 1. The topological polar surface area (TPSA) is 70.8 Å². The number of benzene rings is 1. The van der Waals surface area contributed by atoms with Crippen molar-refractivity contribution >= 4 is 5.91 Å². The molecule has 1 aromatic carbocycles. The van der Waals surface area contributed by atoms with E-state index in [-0.39, 0.29) is 5.91 Å². The van der Waals surface area contributed by atoms with Gasteiger partial charge in [-0.3, -0.25) is 14.6 Å². The first-order valence-electron chi connectivity index (χ1n) is 9.00. The zero-order valence-electron chi connectivity index (χ0n) is 15.2. The van der Waals surface area contributed by atoms with Crippen LogP contribution in [0.4, 0.5) is 0 Å². The van der Waals surface area contributed by atoms with Crippen molar-refractivity contribution in [2.75, 3.05) is 45.9 Å². The standard InChI is InChI=1S/C19H26N4O3/c1-16-13-18(26-21-16)14-22-8-10-23(11-9-22)15-19(24)20-7-12-25-17-5-3-2-4-6-17/h2-6,13H,7-12,14-15H2,1H3,(H,20,24). The number of rotatable bonds is 8. The molecule has 2 heterocycles. The van der Waals surface area contributed by atoms with Gasteiger partial charge in [0.25, 0.3) is 0 Å². The minimum absolute atomic E-state index is 0.0426. The first kappa shape index (κ1) is 18.4. The number of aryl methyl sites for hydroxylation is 1. The van der Waals surface area contributed by atoms with E-state index < -0.39 is 0 Å². The number of carbonyl (C=O) groups is 1. The van der Waals surface area contributed by atoms with Gasteiger partial charge in [-0.15, -0.1) is 0 Å². The normalized spacial score (nSPS) is 15.7. The Hall–Kier alpha value is -2.38. The monoisotopic (exact) mass is 358 g/mol. The van der Waals surface area contributed by atoms with Gasteiger partial charge in [0.05, 0.1) is 25.3 Å². The molecule has 2 aromatic rings. The molecular weight excluding hydrogens is 332 g/mol. The van der Waals surface area contributed by atoms with E-state index in [1.54, 1.807) is 0 Å². The lowest BCUT2D eigenvalue weighted by atomic mass is 10.3. The first-order valence-corrected chi connectivity index (χ1v) is 9.00. The predicted molar refractivity (Wildman–Crippen MR) is 97.9 cm³/mol. The minimum atomic E-state index is 0.0426. The summed E-state index contributed by atoms with van der Waals surface area (Å²) in [6.07, 6.45) is 0. The molecular formula is C19H26N4O3. The SMILES string of the molecule is Cc1cc(CN2CCN(CC(=O)NCCOc3ccccc3)CC2)on1. The highest BCUT2D eigenvalue weighted by molar-refractivity contribution is 5.78. The summed E-state index contributed by atoms with van der Waals surface area (Å²) in [7, 11) is 0. The second kappa shape index (κ2) is 9.35. The summed E-state index contributed by atoms with van der Waals surface area (Å²) in [5, 5.41) is 6.83. The van der Waals surface area contributed by atoms with E-state index in [0.29, 0.717) is 19.7 Å². The van der Waals surface area contributed by atoms with Crippen molar-refractivity contribution in [3.8, 4) is 5.75 Å². The molecule has 0 atom stereocenters. The highest BCUT2D eigenvalue weighted by Gasteiger charge is 2.19. The molecule has 0 aliphatic carbocycles. The molecule has 0 spiro atoms. The third kappa shape index (κ3) is 5.86. The Morgan fingerprint density at radius 2 is 1.92 bits per heavy atom. The number of hydrogen-bond donors (Lipinski definition) is 1. The third-order valence-corrected chi connectivity index (χ3v) is 4.32. The van der Waals surface area contributed by atoms with Crippen molar-refractivity contribution in [1.82, 2.24) is 20.3 Å². The van der Waals surface area contributed by atoms with Crippen molar-refractivity contribution < 1.29 is 14.1 Å². The number of ether oxygens (including phenoxy) is 1. The zero-order valence-corrected chi connectivity index (χ0v) is 15.2. The summed E-state index contributed by atoms with van der Waals surface area (Å²) in [4.78, 5) is 16.6. The fraction of sp³-hybridized carbons (Fsp3) is 0.474. The Kier molecular flexibility index (Phi) is 6.62. The molecule has 7 nitrogen and oxygen atoms in total. The van der Waals surface area contributed by atoms with E-state index >= 15 is 0 Å². The van der Waals surface area contributed by atoms with Crippen molar-refractivity contribution in [2.24, 2.45) is 0 Å². The summed E-state index contributed by atoms with van der Waals surface area (Å²) in [6, 6.07) is 11.6. The number of aromatic nitrogens is 1. The molecule has 1 aromatic heterocycles. The number of piperazine rings is 1. The maximum atomic E-state index is 12.1. The van der Waals surface area contributed by atoms with E-state index in [1.807, 2.05) is 43.3 Å². The van der Waals surface area contributed by atoms with Crippen LogP contribution in [0.5, 0.6) is 5.75 Å². The van der Waals surface area contributed by atoms with Crippen LogP contribution in [0.1, 0.15) is 11.5 Å². The average Bonchev–Trinajstić information content (AvgIpc) is 3.06. The number of nitrogens with zero attached hydrogens (tertiary/aromatic N) is 3. The summed E-state index contributed by atoms with van der Waals surface area (Å²) < 4.78 is 10.8. The maximum absolute atomic E-state index is 12.1. The Morgan fingerprint density at radius 3 is 2.62 bits per heavy atom. The minimum Gasteiger partial charge on any atom is -0.492 e. The molecule has 0 radical (unpaired) electrons. The Morgan fingerprint density at radius 1 is 1.19 bits per heavy atom. The smallest absolute Gasteiger partial charge is 0.234 e. The van der Waals surface area contributed by atoms with Crippen molar-refractivity contribution in [2.45, 2.75) is 13.5 Å². The molecule has 0 bridgehead atoms. The molecule has 1 saturated heterocycles. The maximum Gasteiger partial charge on any atom is 0.234 e. The quantitative estimate of drug-likeness (QED) is 0.717. The van der Waals surface area contributed by atoms with Crippen LogP contribution in [0.15, 0.2) is 40.9 Å². The summed E-state index contributed by atoms with van der Waals surface area (Å²) in [6.45, 7) is 7.71. The average molecular weight is 358 g/mol. The van der Waals surface area contributed by atoms with Crippen molar-refractivity contribution in [3.05, 3.63) is 47.9 Å². The van der Waals surface area contributed by atoms with Crippen LogP contribution in [0.3, 0.4) is 0 Å². The molecule has 1 amide bonds. The highest BCUT2D eigenvalue weighted by atomic mass is 16.5. The van der Waals surface area contributed by atoms with Crippen LogP contribution >= 0.6 is 0 Å². The molecule has 140 valence electrons. The third-order valence-electron chi connectivity index (χ3n) is 4.32. The lowest BCUT2D eigenvalue weighted by Crippen LogP contribution is -2.49. The van der Waals surface area contributed by atoms with Crippen LogP contribution < -0.4 is 10.1 Å². The molecule has 0 unspecified atom stereocenters. The lowest BCUT2D eigenvalue weighted by molar-refractivity contribution is -0.122. The second-order valence-corrected chi connectivity index (χ2v) is 6.50. The van der Waals surface area contributed by atoms with Gasteiger partial charge < -0.3 is 14.6 Å². The fourth-order valence-corrected chi connectivity index (χ4v) is 2.95. The Balaban J connectivity index is 1.28. The van der Waals surface area contributed by atoms with Crippen LogP contribution in [0, 0.1) is 6.92 Å². The summed E-state index contributed by atoms with van der Waals surface area (Å²) >= 11 is 0. The van der Waals surface area contributed by atoms with E-state index in [0.717, 1.165) is 49.9 Å². The van der Waals surface area contributed by atoms with Crippen molar-refractivity contribution in [3.63, 3.8) is 0 Å². The zero-order chi connectivity index (χ0) is 18.2. The van der Waals surface area contributed by atoms with Crippen LogP contribution in [0.2, 0.25) is 0 Å². The van der Waals surface area contributed by atoms with E-state index in [9.17, 15) is 4.79 Å². The molecule has 1 aliphatic rings. The molecule has 1 aliphatic heterocycles. The van der Waals surface area contributed by atoms with E-state index in [4.69, 9.17) is 9.26 Å². The Bertz CT molecular complexity index is 681. The second-order valence-electron chi connectivity index (χ2n) is 6.50. The first-order chi connectivity index (χ1) is 12.7. The van der Waals surface area contributed by atoms with Crippen LogP contribution in [0.25, 0.3) is 0 Å². The van der Waals surface area contributed by atoms with Gasteiger partial charge in [-0.05, 0) is 19.1 Å². The number of amides is 1. The number of para-hydroxylation sites is 1. The van der Waals surface area contributed by atoms with Gasteiger partial charge in [0, 0.05) is 32.2 Å². The Labute approximate surface area is 153 Å². The molecule has 0 saturated carbocycles. The number of nitrogens with one attached hydrogen (secondary N) is 1. The van der Waals surface area contributed by atoms with Gasteiger partial charge in [0.1, 0.15) is 12.4 Å². The van der Waals surface area contributed by atoms with Crippen LogP contribution in [-0.4, -0.2) is 66.7 Å². The van der Waals surface area contributed by atoms with Gasteiger partial charge in [0.2, 0.25) is 5.91 Å². The molecule has 26 heavy (non-hydrogen) atoms. The van der Waals surface area contributed by atoms with Crippen LogP contribution in [-0.2, 0) is 11.3 Å². The van der Waals surface area contributed by atoms with Crippen molar-refractivity contribution in [1.29, 1.82) is 0 Å². The molecule has 7 heteroatoms. The van der Waals surface area contributed by atoms with E-state index in [1.165, 1.54) is 0 Å². The van der Waals surface area contributed by atoms with Gasteiger partial charge in [-0.2, -0.15) is 0 Å². The lowest BCUT2D eigenvalue weighted by Gasteiger charge is -2.33. The predicted octanol–water partition coefficient (Wildman–Crippen LogP) is 1.30. The van der Waals surface area contributed by atoms with E-state index in [2.05, 4.69) is 20.3 Å². The molecule has 3 rings (SSSR count). The largest absolute Gasteiger partial charge is 0.492 e. The molecule has 1 fully saturated rings. The summed E-state index contributed by atoms with van der Waals surface area (Å²) in [5.74, 6) is 1.76. The summed E-state index contributed by atoms with van der Waals surface area (Å²) in [5.41, 5.74) is 0.909. The fourth-order valence-electron chi connectivity index (χ4n) is 2.95. The van der Waals surface area contributed by atoms with Gasteiger partial charge in [-0.25, -0.2) is 0 Å². The number of hydrogen-bond acceptors (Lipinski definition) is 6. The van der Waals surface area contributed by atoms with Gasteiger partial charge >= 0.3 is 0 Å². The highest BCUT2D eigenvalue weighted by Crippen LogP contribution is 2.10. The van der Waals surface area contributed by atoms with Gasteiger partial charge in [0.15, 0.2) is 5.76 Å².